The van der Waals surface area contributed by atoms with Gasteiger partial charge in [-0.2, -0.15) is 0 Å². The van der Waals surface area contributed by atoms with Gasteiger partial charge in [-0.25, -0.2) is 0 Å². The molecule has 108 valence electrons. The van der Waals surface area contributed by atoms with Crippen molar-refractivity contribution in [3.63, 3.8) is 0 Å². The van der Waals surface area contributed by atoms with E-state index in [-0.39, 0.29) is 0 Å². The van der Waals surface area contributed by atoms with Crippen LogP contribution in [0.1, 0.15) is 59.1 Å². The number of ether oxygens (including phenoxy) is 1. The van der Waals surface area contributed by atoms with E-state index >= 15 is 0 Å². The number of hydrogen-bond acceptors (Lipinski definition) is 2. The summed E-state index contributed by atoms with van der Waals surface area (Å²) >= 11 is 0. The third kappa shape index (κ3) is 6.11. The van der Waals surface area contributed by atoms with Crippen molar-refractivity contribution < 1.29 is 9.84 Å². The summed E-state index contributed by atoms with van der Waals surface area (Å²) in [7, 11) is 0. The fourth-order valence-electron chi connectivity index (χ4n) is 2.62. The Bertz CT molecular complexity index is 379. The van der Waals surface area contributed by atoms with Crippen molar-refractivity contribution >= 4 is 0 Å². The molecule has 0 aliphatic rings. The van der Waals surface area contributed by atoms with Crippen molar-refractivity contribution in [2.45, 2.75) is 53.6 Å². The molecule has 0 aromatic heterocycles. The highest BCUT2D eigenvalue weighted by atomic mass is 16.5. The fourth-order valence-corrected chi connectivity index (χ4v) is 2.62. The van der Waals surface area contributed by atoms with Gasteiger partial charge in [-0.05, 0) is 48.8 Å². The van der Waals surface area contributed by atoms with E-state index in [1.165, 1.54) is 0 Å². The Balaban J connectivity index is 2.62. The van der Waals surface area contributed by atoms with Crippen LogP contribution in [-0.4, -0.2) is 11.7 Å². The van der Waals surface area contributed by atoms with Crippen molar-refractivity contribution in [1.82, 2.24) is 0 Å². The van der Waals surface area contributed by atoms with E-state index < -0.39 is 6.10 Å². The van der Waals surface area contributed by atoms with Gasteiger partial charge in [-0.15, -0.1) is 0 Å². The third-order valence-corrected chi connectivity index (χ3v) is 3.14. The molecular formula is C17H28O2. The maximum atomic E-state index is 10.3. The molecule has 19 heavy (non-hydrogen) atoms. The van der Waals surface area contributed by atoms with Gasteiger partial charge in [0, 0.05) is 0 Å². The van der Waals surface area contributed by atoms with Crippen LogP contribution in [0.4, 0.5) is 0 Å². The Hall–Kier alpha value is -1.02. The molecule has 0 heterocycles. The minimum Gasteiger partial charge on any atom is -0.494 e. The average Bonchev–Trinajstić information content (AvgIpc) is 2.27. The lowest BCUT2D eigenvalue weighted by Gasteiger charge is -2.25. The Morgan fingerprint density at radius 1 is 1.26 bits per heavy atom. The molecule has 0 radical (unpaired) electrons. The monoisotopic (exact) mass is 264 g/mol. The van der Waals surface area contributed by atoms with Gasteiger partial charge in [0.05, 0.1) is 12.7 Å². The largest absolute Gasteiger partial charge is 0.494 e. The van der Waals surface area contributed by atoms with Crippen LogP contribution in [0, 0.1) is 11.3 Å². The molecule has 1 rings (SSSR count). The molecule has 2 nitrogen and oxygen atoms in total. The Kier molecular flexibility index (Phi) is 5.86. The molecule has 1 aromatic rings. The molecular weight excluding hydrogens is 236 g/mol. The van der Waals surface area contributed by atoms with Crippen molar-refractivity contribution in [3.05, 3.63) is 29.8 Å². The third-order valence-electron chi connectivity index (χ3n) is 3.14. The molecule has 0 aliphatic carbocycles. The molecule has 2 unspecified atom stereocenters. The van der Waals surface area contributed by atoms with E-state index in [0.717, 1.165) is 24.2 Å². The lowest BCUT2D eigenvalue weighted by Crippen LogP contribution is -2.13. The first-order valence-corrected chi connectivity index (χ1v) is 7.22. The van der Waals surface area contributed by atoms with Crippen molar-refractivity contribution in [1.29, 1.82) is 0 Å². The van der Waals surface area contributed by atoms with Crippen molar-refractivity contribution in [2.24, 2.45) is 11.3 Å². The minimum absolute atomic E-state index is 0.312. The van der Waals surface area contributed by atoms with Gasteiger partial charge in [0.15, 0.2) is 0 Å². The fraction of sp³-hybridized carbons (Fsp3) is 0.647. The molecule has 1 N–H and O–H groups in total. The molecule has 0 aliphatic heterocycles. The molecule has 2 atom stereocenters. The van der Waals surface area contributed by atoms with Crippen LogP contribution < -0.4 is 4.74 Å². The van der Waals surface area contributed by atoms with Crippen LogP contribution in [0.5, 0.6) is 5.75 Å². The first-order valence-electron chi connectivity index (χ1n) is 7.22. The normalized spacial score (nSPS) is 15.1. The zero-order chi connectivity index (χ0) is 14.5. The van der Waals surface area contributed by atoms with Crippen LogP contribution in [-0.2, 0) is 0 Å². The van der Waals surface area contributed by atoms with E-state index in [2.05, 4.69) is 27.7 Å². The predicted octanol–water partition coefficient (Wildman–Crippen LogP) is 4.58. The molecule has 0 saturated carbocycles. The number of hydrogen-bond donors (Lipinski definition) is 1. The zero-order valence-electron chi connectivity index (χ0n) is 12.9. The minimum atomic E-state index is -0.405. The number of aliphatic hydroxyl groups excluding tert-OH is 1. The van der Waals surface area contributed by atoms with Gasteiger partial charge in [0.25, 0.3) is 0 Å². The summed E-state index contributed by atoms with van der Waals surface area (Å²) in [4.78, 5) is 0. The second kappa shape index (κ2) is 6.95. The van der Waals surface area contributed by atoms with E-state index in [9.17, 15) is 5.11 Å². The van der Waals surface area contributed by atoms with E-state index in [1.54, 1.807) is 0 Å². The second-order valence-corrected chi connectivity index (χ2v) is 6.63. The Morgan fingerprint density at radius 3 is 2.53 bits per heavy atom. The topological polar surface area (TPSA) is 29.5 Å². The van der Waals surface area contributed by atoms with Gasteiger partial charge >= 0.3 is 0 Å². The van der Waals surface area contributed by atoms with Gasteiger partial charge in [0.2, 0.25) is 0 Å². The van der Waals surface area contributed by atoms with Gasteiger partial charge in [-0.3, -0.25) is 0 Å². The first-order chi connectivity index (χ1) is 8.81. The zero-order valence-corrected chi connectivity index (χ0v) is 12.9. The molecule has 1 aromatic carbocycles. The SMILES string of the molecule is CCOc1cccc(C(O)CC(C)CC(C)(C)C)c1. The summed E-state index contributed by atoms with van der Waals surface area (Å²) in [5.41, 5.74) is 1.26. The highest BCUT2D eigenvalue weighted by molar-refractivity contribution is 5.29. The summed E-state index contributed by atoms with van der Waals surface area (Å²) in [5.74, 6) is 1.34. The van der Waals surface area contributed by atoms with Crippen LogP contribution in [0.25, 0.3) is 0 Å². The summed E-state index contributed by atoms with van der Waals surface area (Å²) in [6.07, 6.45) is 1.51. The Labute approximate surface area is 117 Å². The summed E-state index contributed by atoms with van der Waals surface area (Å²) in [6, 6.07) is 7.78. The van der Waals surface area contributed by atoms with E-state index in [0.29, 0.717) is 17.9 Å². The maximum absolute atomic E-state index is 10.3. The van der Waals surface area contributed by atoms with Gasteiger partial charge in [-0.1, -0.05) is 39.8 Å². The van der Waals surface area contributed by atoms with Crippen LogP contribution in [0.2, 0.25) is 0 Å². The first kappa shape index (κ1) is 16.0. The average molecular weight is 264 g/mol. The quantitative estimate of drug-likeness (QED) is 0.815. The smallest absolute Gasteiger partial charge is 0.119 e. The molecule has 0 spiro atoms. The summed E-state index contributed by atoms with van der Waals surface area (Å²) in [5, 5.41) is 10.3. The number of aliphatic hydroxyl groups is 1. The molecule has 0 saturated heterocycles. The number of rotatable bonds is 6. The van der Waals surface area contributed by atoms with Crippen molar-refractivity contribution in [3.8, 4) is 5.75 Å². The van der Waals surface area contributed by atoms with E-state index in [1.807, 2.05) is 31.2 Å². The lowest BCUT2D eigenvalue weighted by atomic mass is 9.82. The van der Waals surface area contributed by atoms with Crippen LogP contribution >= 0.6 is 0 Å². The van der Waals surface area contributed by atoms with Gasteiger partial charge in [0.1, 0.15) is 5.75 Å². The number of benzene rings is 1. The summed E-state index contributed by atoms with van der Waals surface area (Å²) < 4.78 is 5.47. The highest BCUT2D eigenvalue weighted by Gasteiger charge is 2.19. The maximum Gasteiger partial charge on any atom is 0.119 e. The molecule has 2 heteroatoms. The standard InChI is InChI=1S/C17H28O2/c1-6-19-15-9-7-8-14(11-15)16(18)10-13(2)12-17(3,4)5/h7-9,11,13,16,18H,6,10,12H2,1-5H3. The Morgan fingerprint density at radius 2 is 1.95 bits per heavy atom. The molecule has 0 amide bonds. The van der Waals surface area contributed by atoms with Crippen molar-refractivity contribution in [2.75, 3.05) is 6.61 Å². The van der Waals surface area contributed by atoms with Gasteiger partial charge < -0.3 is 9.84 Å². The summed E-state index contributed by atoms with van der Waals surface area (Å²) in [6.45, 7) is 11.6. The van der Waals surface area contributed by atoms with Crippen LogP contribution in [0.15, 0.2) is 24.3 Å². The molecule has 0 bridgehead atoms. The lowest BCUT2D eigenvalue weighted by molar-refractivity contribution is 0.133. The van der Waals surface area contributed by atoms with E-state index in [4.69, 9.17) is 4.74 Å². The highest BCUT2D eigenvalue weighted by Crippen LogP contribution is 2.31. The second-order valence-electron chi connectivity index (χ2n) is 6.63. The predicted molar refractivity (Wildman–Crippen MR) is 80.4 cm³/mol. The molecule has 0 fully saturated rings. The van der Waals surface area contributed by atoms with Crippen LogP contribution in [0.3, 0.4) is 0 Å².